The lowest BCUT2D eigenvalue weighted by Gasteiger charge is -2.23. The van der Waals surface area contributed by atoms with E-state index in [9.17, 15) is 9.18 Å². The molecule has 2 aliphatic heterocycles. The van der Waals surface area contributed by atoms with Gasteiger partial charge in [0.1, 0.15) is 17.6 Å². The zero-order chi connectivity index (χ0) is 26.4. The fourth-order valence-electron chi connectivity index (χ4n) is 5.23. The van der Waals surface area contributed by atoms with Crippen LogP contribution in [-0.2, 0) is 4.74 Å². The second-order valence-electron chi connectivity index (χ2n) is 9.27. The number of carbonyl (C=O) groups is 1. The number of rotatable bonds is 4. The minimum absolute atomic E-state index is 0.0171. The first-order valence-corrected chi connectivity index (χ1v) is 12.3. The molecular formula is C28H25F2N5O3. The van der Waals surface area contributed by atoms with Crippen molar-refractivity contribution in [2.24, 2.45) is 0 Å². The first kappa shape index (κ1) is 24.1. The van der Waals surface area contributed by atoms with Crippen LogP contribution in [0.2, 0.25) is 0 Å². The molecule has 1 amide bonds. The van der Waals surface area contributed by atoms with Gasteiger partial charge in [0.2, 0.25) is 0 Å². The summed E-state index contributed by atoms with van der Waals surface area (Å²) in [4.78, 5) is 25.7. The van der Waals surface area contributed by atoms with E-state index in [0.29, 0.717) is 58.6 Å². The molecule has 3 aromatic heterocycles. The molecule has 2 atom stereocenters. The third-order valence-electron chi connectivity index (χ3n) is 7.09. The second-order valence-corrected chi connectivity index (χ2v) is 9.27. The third-order valence-corrected chi connectivity index (χ3v) is 7.09. The quantitative estimate of drug-likeness (QED) is 0.308. The van der Waals surface area contributed by atoms with Gasteiger partial charge in [-0.2, -0.15) is 0 Å². The highest BCUT2D eigenvalue weighted by molar-refractivity contribution is 6.08. The van der Waals surface area contributed by atoms with Crippen molar-refractivity contribution >= 4 is 28.3 Å². The fourth-order valence-corrected chi connectivity index (χ4v) is 5.23. The van der Waals surface area contributed by atoms with Crippen molar-refractivity contribution < 1.29 is 23.0 Å². The number of anilines is 2. The molecule has 4 aromatic rings. The van der Waals surface area contributed by atoms with Crippen LogP contribution >= 0.6 is 0 Å². The smallest absolute Gasteiger partial charge is 0.255 e. The van der Waals surface area contributed by atoms with Crippen LogP contribution in [0.1, 0.15) is 46.6 Å². The van der Waals surface area contributed by atoms with E-state index < -0.39 is 17.7 Å². The van der Waals surface area contributed by atoms with Gasteiger partial charge in [0.25, 0.3) is 5.91 Å². The molecule has 4 bridgehead atoms. The Morgan fingerprint density at radius 1 is 1.11 bits per heavy atom. The number of fused-ring (bicyclic) bond motifs is 3. The molecule has 0 spiro atoms. The van der Waals surface area contributed by atoms with Gasteiger partial charge in [-0.1, -0.05) is 18.2 Å². The van der Waals surface area contributed by atoms with E-state index in [1.165, 1.54) is 26.4 Å². The molecule has 10 heteroatoms. The molecule has 0 fully saturated rings. The fraction of sp³-hybridized carbons (Fsp3) is 0.250. The van der Waals surface area contributed by atoms with Crippen LogP contribution in [0, 0.1) is 11.6 Å². The first-order valence-electron chi connectivity index (χ1n) is 12.3. The Morgan fingerprint density at radius 2 is 1.95 bits per heavy atom. The monoisotopic (exact) mass is 517 g/mol. The van der Waals surface area contributed by atoms with E-state index >= 15 is 4.39 Å². The number of benzene rings is 1. The van der Waals surface area contributed by atoms with E-state index in [1.807, 2.05) is 12.2 Å². The zero-order valence-electron chi connectivity index (χ0n) is 20.8. The number of carbonyl (C=O) groups excluding carboxylic acids is 1. The Labute approximate surface area is 217 Å². The van der Waals surface area contributed by atoms with E-state index in [0.717, 1.165) is 5.69 Å². The van der Waals surface area contributed by atoms with Crippen LogP contribution < -0.4 is 15.4 Å². The van der Waals surface area contributed by atoms with Crippen LogP contribution in [0.25, 0.3) is 22.3 Å². The zero-order valence-corrected chi connectivity index (χ0v) is 20.8. The van der Waals surface area contributed by atoms with Crippen molar-refractivity contribution in [1.29, 1.82) is 0 Å². The number of hydrogen-bond acceptors (Lipinski definition) is 6. The minimum atomic E-state index is -0.585. The average Bonchev–Trinajstić information content (AvgIpc) is 3.29. The summed E-state index contributed by atoms with van der Waals surface area (Å²) >= 11 is 0. The van der Waals surface area contributed by atoms with Gasteiger partial charge in [0.05, 0.1) is 40.8 Å². The molecule has 0 saturated carbocycles. The van der Waals surface area contributed by atoms with Gasteiger partial charge in [0.15, 0.2) is 11.6 Å². The second kappa shape index (κ2) is 9.53. The number of nitrogens with one attached hydrogen (secondary N) is 3. The van der Waals surface area contributed by atoms with Crippen LogP contribution in [0.5, 0.6) is 5.75 Å². The van der Waals surface area contributed by atoms with Gasteiger partial charge in [-0.15, -0.1) is 0 Å². The Morgan fingerprint density at radius 3 is 2.76 bits per heavy atom. The lowest BCUT2D eigenvalue weighted by atomic mass is 9.93. The Kier molecular flexibility index (Phi) is 6.03. The summed E-state index contributed by atoms with van der Waals surface area (Å²) in [6, 6.07) is 7.63. The number of pyridine rings is 2. The summed E-state index contributed by atoms with van der Waals surface area (Å²) < 4.78 is 40.6. The standard InChI is InChI=1S/C28H25F2N5O3/c1-37-20-9-4-3-6-14-13-32-28(36)21-22(14)34-24(26(21)33-18-8-5-7-16(29)27(18)38-2)15-10-11-31-19-12-17(30)25(20)35-23(15)19/h3-5,7-8,10-12,14,20,33-34H,6,9,13H2,1-2H3,(H,32,36)/b4-3-/t14-,20+/m1/s1. The van der Waals surface area contributed by atoms with Crippen molar-refractivity contribution in [2.75, 3.05) is 26.1 Å². The molecular weight excluding hydrogens is 492 g/mol. The molecule has 194 valence electrons. The molecule has 0 aliphatic carbocycles. The van der Waals surface area contributed by atoms with Crippen molar-refractivity contribution in [1.82, 2.24) is 20.3 Å². The summed E-state index contributed by atoms with van der Waals surface area (Å²) in [5.74, 6) is -1.34. The maximum atomic E-state index is 15.2. The van der Waals surface area contributed by atoms with Crippen molar-refractivity contribution in [2.45, 2.75) is 24.9 Å². The van der Waals surface area contributed by atoms with Crippen molar-refractivity contribution in [3.63, 3.8) is 0 Å². The number of aromatic amines is 1. The summed E-state index contributed by atoms with van der Waals surface area (Å²) in [5.41, 5.74) is 4.10. The summed E-state index contributed by atoms with van der Waals surface area (Å²) in [6.07, 6.45) is 6.00. The number of hydrogen-bond donors (Lipinski definition) is 3. The lowest BCUT2D eigenvalue weighted by Crippen LogP contribution is -2.34. The van der Waals surface area contributed by atoms with E-state index in [4.69, 9.17) is 9.47 Å². The topological polar surface area (TPSA) is 101 Å². The van der Waals surface area contributed by atoms with Gasteiger partial charge >= 0.3 is 0 Å². The molecule has 0 unspecified atom stereocenters. The number of aromatic nitrogens is 3. The average molecular weight is 518 g/mol. The Bertz CT molecular complexity index is 1600. The number of halogens is 2. The molecule has 5 heterocycles. The molecule has 1 aromatic carbocycles. The van der Waals surface area contributed by atoms with Crippen LogP contribution in [0.3, 0.4) is 0 Å². The molecule has 8 nitrogen and oxygen atoms in total. The van der Waals surface area contributed by atoms with Gasteiger partial charge in [0, 0.05) is 43.1 Å². The molecule has 0 radical (unpaired) electrons. The minimum Gasteiger partial charge on any atom is -0.492 e. The third kappa shape index (κ3) is 3.88. The first-order chi connectivity index (χ1) is 18.5. The van der Waals surface area contributed by atoms with E-state index in [-0.39, 0.29) is 23.3 Å². The summed E-state index contributed by atoms with van der Waals surface area (Å²) in [6.45, 7) is 0.443. The highest BCUT2D eigenvalue weighted by atomic mass is 19.1. The molecule has 3 N–H and O–H groups in total. The maximum Gasteiger partial charge on any atom is 0.255 e. The lowest BCUT2D eigenvalue weighted by molar-refractivity contribution is 0.0941. The highest BCUT2D eigenvalue weighted by Crippen LogP contribution is 2.44. The predicted molar refractivity (Wildman–Crippen MR) is 139 cm³/mol. The number of nitrogens with zero attached hydrogens (tertiary/aromatic N) is 2. The largest absolute Gasteiger partial charge is 0.492 e. The van der Waals surface area contributed by atoms with E-state index in [2.05, 4.69) is 25.6 Å². The van der Waals surface area contributed by atoms with Crippen LogP contribution in [0.4, 0.5) is 20.2 Å². The highest BCUT2D eigenvalue weighted by Gasteiger charge is 2.33. The summed E-state index contributed by atoms with van der Waals surface area (Å²) in [5, 5.41) is 6.23. The predicted octanol–water partition coefficient (Wildman–Crippen LogP) is 5.52. The Hall–Kier alpha value is -4.31. The van der Waals surface area contributed by atoms with Crippen molar-refractivity contribution in [3.05, 3.63) is 77.3 Å². The molecule has 2 aliphatic rings. The number of ether oxygens (including phenoxy) is 2. The van der Waals surface area contributed by atoms with E-state index in [1.54, 1.807) is 24.4 Å². The van der Waals surface area contributed by atoms with Crippen LogP contribution in [0.15, 0.2) is 48.7 Å². The number of allylic oxidation sites excluding steroid dienone is 1. The molecule has 0 saturated heterocycles. The molecule has 6 rings (SSSR count). The number of H-pyrrole nitrogens is 1. The SMILES string of the molecule is COc1c(F)cccc1Nc1c2[nH]c3c1C(=O)NC[C@H]3C/C=C\C[C@H](OC)c1nc3c-2ccnc3cc1F. The number of methoxy groups -OCH3 is 2. The Balaban J connectivity index is 1.66. The van der Waals surface area contributed by atoms with Crippen LogP contribution in [-0.4, -0.2) is 41.6 Å². The molecule has 38 heavy (non-hydrogen) atoms. The van der Waals surface area contributed by atoms with Gasteiger partial charge in [-0.3, -0.25) is 9.78 Å². The number of para-hydroxylation sites is 1. The summed E-state index contributed by atoms with van der Waals surface area (Å²) in [7, 11) is 2.91. The van der Waals surface area contributed by atoms with Gasteiger partial charge < -0.3 is 25.1 Å². The maximum absolute atomic E-state index is 15.2. The number of amides is 1. The van der Waals surface area contributed by atoms with Gasteiger partial charge in [-0.05, 0) is 31.0 Å². The van der Waals surface area contributed by atoms with Crippen molar-refractivity contribution in [3.8, 4) is 17.0 Å². The van der Waals surface area contributed by atoms with Gasteiger partial charge in [-0.25, -0.2) is 13.8 Å². The normalized spacial score (nSPS) is 19.3.